The van der Waals surface area contributed by atoms with Crippen LogP contribution in [0.3, 0.4) is 0 Å². The molecule has 0 aliphatic heterocycles. The quantitative estimate of drug-likeness (QED) is 0.0378. The summed E-state index contributed by atoms with van der Waals surface area (Å²) >= 11 is 0. The number of rotatable bonds is 29. The first-order valence-corrected chi connectivity index (χ1v) is 17.5. The van der Waals surface area contributed by atoms with E-state index < -0.39 is 25.8 Å². The van der Waals surface area contributed by atoms with Crippen molar-refractivity contribution in [2.24, 2.45) is 0 Å². The highest BCUT2D eigenvalue weighted by molar-refractivity contribution is 7.53. The lowest BCUT2D eigenvalue weighted by Crippen LogP contribution is -2.50. The van der Waals surface area contributed by atoms with Crippen LogP contribution >= 0.6 is 7.60 Å². The Kier molecular flexibility index (Phi) is 24.5. The van der Waals surface area contributed by atoms with E-state index in [0.29, 0.717) is 26.2 Å². The molecule has 3 N–H and O–H groups in total. The molecule has 3 atom stereocenters. The highest BCUT2D eigenvalue weighted by Gasteiger charge is 2.44. The highest BCUT2D eigenvalue weighted by atomic mass is 31.2. The molecular formula is C30H65NO7P+. The highest BCUT2D eigenvalue weighted by Crippen LogP contribution is 2.52. The maximum atomic E-state index is 13.0. The summed E-state index contributed by atoms with van der Waals surface area (Å²) in [7, 11) is 1.20. The van der Waals surface area contributed by atoms with E-state index in [1.54, 1.807) is 21.2 Å². The van der Waals surface area contributed by atoms with Crippen molar-refractivity contribution in [2.45, 2.75) is 148 Å². The van der Waals surface area contributed by atoms with Gasteiger partial charge in [-0.1, -0.05) is 110 Å². The van der Waals surface area contributed by atoms with Gasteiger partial charge in [-0.3, -0.25) is 4.57 Å². The number of ether oxygens (including phenoxy) is 2. The Balaban J connectivity index is 3.85. The average Bonchev–Trinajstić information content (AvgIpc) is 2.88. The number of aliphatic hydroxyl groups is 2. The van der Waals surface area contributed by atoms with Crippen LogP contribution in [0.5, 0.6) is 0 Å². The third kappa shape index (κ3) is 21.3. The monoisotopic (exact) mass is 582 g/mol. The van der Waals surface area contributed by atoms with E-state index in [1.807, 2.05) is 6.92 Å². The normalized spacial score (nSPS) is 15.5. The summed E-state index contributed by atoms with van der Waals surface area (Å²) < 4.78 is 29.8. The van der Waals surface area contributed by atoms with Gasteiger partial charge in [0.25, 0.3) is 0 Å². The van der Waals surface area contributed by atoms with Crippen LogP contribution in [0.25, 0.3) is 0 Å². The van der Waals surface area contributed by atoms with E-state index in [0.717, 1.165) is 12.8 Å². The molecule has 39 heavy (non-hydrogen) atoms. The second-order valence-electron chi connectivity index (χ2n) is 11.8. The van der Waals surface area contributed by atoms with Gasteiger partial charge >= 0.3 is 7.60 Å². The van der Waals surface area contributed by atoms with Crippen LogP contribution in [0.15, 0.2) is 0 Å². The largest absolute Gasteiger partial charge is 0.385 e. The van der Waals surface area contributed by atoms with E-state index in [1.165, 1.54) is 89.9 Å². The van der Waals surface area contributed by atoms with E-state index in [9.17, 15) is 19.7 Å². The number of methoxy groups -OCH3 is 1. The molecule has 0 heterocycles. The van der Waals surface area contributed by atoms with E-state index in [4.69, 9.17) is 14.0 Å². The lowest BCUT2D eigenvalue weighted by Gasteiger charge is -2.39. The standard InChI is InChI=1S/C30H64NO7P/c1-6-8-9-10-11-12-13-14-15-16-17-18-19-20-21-22-25-37-26-28(36-5)27-38-39(34,35)29(7-2)31(3,4)24-23-30(32)33/h28-30,32-33H,6-27H2,1-5H3/p+1/t28-,29?/m1/s1. The van der Waals surface area contributed by atoms with Crippen LogP contribution in [-0.4, -0.2) is 85.3 Å². The van der Waals surface area contributed by atoms with Gasteiger partial charge in [0.15, 0.2) is 12.1 Å². The molecule has 0 rings (SSSR count). The van der Waals surface area contributed by atoms with Crippen molar-refractivity contribution in [1.82, 2.24) is 0 Å². The molecule has 0 bridgehead atoms. The van der Waals surface area contributed by atoms with E-state index in [2.05, 4.69) is 6.92 Å². The van der Waals surface area contributed by atoms with Crippen LogP contribution in [0.1, 0.15) is 129 Å². The van der Waals surface area contributed by atoms with Crippen LogP contribution < -0.4 is 0 Å². The Morgan fingerprint density at radius 2 is 1.21 bits per heavy atom. The Bertz CT molecular complexity index is 592. The zero-order valence-corrected chi connectivity index (χ0v) is 27.1. The van der Waals surface area contributed by atoms with Gasteiger partial charge in [0, 0.05) is 26.6 Å². The third-order valence-corrected chi connectivity index (χ3v) is 10.00. The third-order valence-electron chi connectivity index (χ3n) is 7.74. The Morgan fingerprint density at radius 3 is 1.62 bits per heavy atom. The molecule has 0 radical (unpaired) electrons. The van der Waals surface area contributed by atoms with Crippen molar-refractivity contribution in [3.05, 3.63) is 0 Å². The molecule has 0 aliphatic rings. The molecule has 0 fully saturated rings. The fourth-order valence-corrected chi connectivity index (χ4v) is 7.06. The van der Waals surface area contributed by atoms with Crippen LogP contribution in [-0.2, 0) is 18.6 Å². The topological polar surface area (TPSA) is 105 Å². The zero-order chi connectivity index (χ0) is 29.4. The molecule has 236 valence electrons. The molecule has 0 amide bonds. The van der Waals surface area contributed by atoms with Gasteiger partial charge in [-0.15, -0.1) is 0 Å². The SMILES string of the molecule is CCCCCCCCCCCCCCCCCCOC[C@H](COP(=O)(O)C(CC)[N+](C)(C)CCC(O)O)OC. The molecule has 0 aromatic heterocycles. The molecule has 0 aromatic carbocycles. The smallest absolute Gasteiger partial charge is 0.379 e. The van der Waals surface area contributed by atoms with Gasteiger partial charge < -0.3 is 33.6 Å². The molecule has 0 aliphatic carbocycles. The zero-order valence-electron chi connectivity index (χ0n) is 26.2. The predicted octanol–water partition coefficient (Wildman–Crippen LogP) is 6.99. The molecule has 0 spiro atoms. The molecule has 9 heteroatoms. The maximum absolute atomic E-state index is 13.0. The van der Waals surface area contributed by atoms with Crippen molar-refractivity contribution in [3.63, 3.8) is 0 Å². The predicted molar refractivity (Wildman–Crippen MR) is 161 cm³/mol. The molecule has 8 nitrogen and oxygen atoms in total. The molecule has 0 saturated carbocycles. The molecule has 2 unspecified atom stereocenters. The molecule has 0 saturated heterocycles. The van der Waals surface area contributed by atoms with Crippen molar-refractivity contribution >= 4 is 7.60 Å². The Morgan fingerprint density at radius 1 is 0.744 bits per heavy atom. The van der Waals surface area contributed by atoms with Gasteiger partial charge in [-0.25, -0.2) is 0 Å². The van der Waals surface area contributed by atoms with Gasteiger partial charge in [-0.2, -0.15) is 0 Å². The first-order chi connectivity index (χ1) is 18.6. The number of quaternary nitrogens is 1. The van der Waals surface area contributed by atoms with Gasteiger partial charge in [0.05, 0.1) is 33.9 Å². The number of hydrogen-bond donors (Lipinski definition) is 3. The summed E-state index contributed by atoms with van der Waals surface area (Å²) in [5, 5.41) is 18.4. The van der Waals surface area contributed by atoms with Crippen molar-refractivity contribution in [1.29, 1.82) is 0 Å². The lowest BCUT2D eigenvalue weighted by molar-refractivity contribution is -0.903. The second kappa shape index (κ2) is 24.5. The number of hydrogen-bond acceptors (Lipinski definition) is 6. The number of nitrogens with zero attached hydrogens (tertiary/aromatic N) is 1. The Labute approximate surface area is 240 Å². The fourth-order valence-electron chi connectivity index (χ4n) is 5.14. The van der Waals surface area contributed by atoms with Crippen molar-refractivity contribution in [3.8, 4) is 0 Å². The van der Waals surface area contributed by atoms with Gasteiger partial charge in [0.2, 0.25) is 0 Å². The summed E-state index contributed by atoms with van der Waals surface area (Å²) in [6.45, 7) is 5.40. The summed E-state index contributed by atoms with van der Waals surface area (Å²) in [6, 6.07) is 0. The summed E-state index contributed by atoms with van der Waals surface area (Å²) in [5.74, 6) is -0.667. The van der Waals surface area contributed by atoms with Crippen molar-refractivity contribution < 1.29 is 38.2 Å². The average molecular weight is 583 g/mol. The number of unbranched alkanes of at least 4 members (excludes halogenated alkanes) is 15. The summed E-state index contributed by atoms with van der Waals surface area (Å²) in [4.78, 5) is 10.6. The van der Waals surface area contributed by atoms with Crippen LogP contribution in [0.4, 0.5) is 0 Å². The second-order valence-corrected chi connectivity index (χ2v) is 13.7. The molecular weight excluding hydrogens is 517 g/mol. The van der Waals surface area contributed by atoms with Gasteiger partial charge in [0.1, 0.15) is 6.10 Å². The minimum atomic E-state index is -3.96. The first kappa shape index (κ1) is 39.0. The first-order valence-electron chi connectivity index (χ1n) is 15.9. The minimum absolute atomic E-state index is 0.0254. The minimum Gasteiger partial charge on any atom is -0.379 e. The Hall–Kier alpha value is -0.0500. The number of aliphatic hydroxyl groups excluding tert-OH is 1. The van der Waals surface area contributed by atoms with Crippen LogP contribution in [0, 0.1) is 0 Å². The lowest BCUT2D eigenvalue weighted by atomic mass is 10.0. The van der Waals surface area contributed by atoms with E-state index >= 15 is 0 Å². The van der Waals surface area contributed by atoms with Crippen molar-refractivity contribution in [2.75, 3.05) is 47.6 Å². The van der Waals surface area contributed by atoms with Crippen LogP contribution in [0.2, 0.25) is 0 Å². The van der Waals surface area contributed by atoms with Gasteiger partial charge in [-0.05, 0) is 6.42 Å². The molecule has 0 aromatic rings. The van der Waals surface area contributed by atoms with E-state index in [-0.39, 0.29) is 17.5 Å². The fraction of sp³-hybridized carbons (Fsp3) is 1.00. The summed E-state index contributed by atoms with van der Waals surface area (Å²) in [5.41, 5.74) is 0. The summed E-state index contributed by atoms with van der Waals surface area (Å²) in [6.07, 6.45) is 20.1. The maximum Gasteiger partial charge on any atom is 0.385 e.